The number of halogens is 1. The fraction of sp³-hybridized carbons (Fsp3) is 0.357. The number of anilines is 1. The van der Waals surface area contributed by atoms with Gasteiger partial charge in [-0.2, -0.15) is 0 Å². The Morgan fingerprint density at radius 3 is 2.52 bits per heavy atom. The molecular weight excluding hydrogens is 328 g/mol. The molecule has 1 aromatic heterocycles. The van der Waals surface area contributed by atoms with E-state index < -0.39 is 9.84 Å². The van der Waals surface area contributed by atoms with E-state index in [1.807, 2.05) is 0 Å². The molecule has 0 spiro atoms. The van der Waals surface area contributed by atoms with Crippen LogP contribution in [0, 0.1) is 0 Å². The van der Waals surface area contributed by atoms with Crippen LogP contribution in [0.4, 0.5) is 5.13 Å². The summed E-state index contributed by atoms with van der Waals surface area (Å²) >= 11 is 7.29. The quantitative estimate of drug-likeness (QED) is 0.912. The Balaban J connectivity index is 1.90. The number of nitrogens with one attached hydrogen (secondary N) is 1. The van der Waals surface area contributed by atoms with Gasteiger partial charge in [0.05, 0.1) is 4.90 Å². The highest BCUT2D eigenvalue weighted by atomic mass is 35.5. The van der Waals surface area contributed by atoms with Gasteiger partial charge < -0.3 is 5.32 Å². The number of sulfone groups is 1. The Morgan fingerprint density at radius 1 is 1.19 bits per heavy atom. The third-order valence-corrected chi connectivity index (χ3v) is 6.67. The molecule has 1 saturated carbocycles. The Labute approximate surface area is 133 Å². The van der Waals surface area contributed by atoms with Crippen molar-refractivity contribution in [3.63, 3.8) is 0 Å². The largest absolute Gasteiger partial charge is 0.359 e. The second kappa shape index (κ2) is 5.94. The molecule has 0 amide bonds. The fourth-order valence-electron chi connectivity index (χ4n) is 2.47. The number of rotatable bonds is 4. The van der Waals surface area contributed by atoms with Crippen molar-refractivity contribution in [1.82, 2.24) is 4.98 Å². The molecule has 0 saturated heterocycles. The third kappa shape index (κ3) is 3.07. The van der Waals surface area contributed by atoms with Crippen molar-refractivity contribution in [1.29, 1.82) is 0 Å². The van der Waals surface area contributed by atoms with Gasteiger partial charge in [-0.1, -0.05) is 54.0 Å². The highest BCUT2D eigenvalue weighted by Gasteiger charge is 2.26. The molecule has 1 aromatic carbocycles. The first kappa shape index (κ1) is 14.8. The smallest absolute Gasteiger partial charge is 0.226 e. The number of benzene rings is 1. The number of nitrogens with zero attached hydrogens (tertiary/aromatic N) is 1. The molecule has 2 aromatic rings. The average Bonchev–Trinajstić information content (AvgIpc) is 3.10. The van der Waals surface area contributed by atoms with Crippen molar-refractivity contribution >= 4 is 37.9 Å². The molecule has 1 aliphatic carbocycles. The lowest BCUT2D eigenvalue weighted by atomic mass is 10.3. The van der Waals surface area contributed by atoms with E-state index in [1.54, 1.807) is 30.3 Å². The molecule has 0 bridgehead atoms. The first-order valence-electron chi connectivity index (χ1n) is 6.80. The molecule has 1 N–H and O–H groups in total. The summed E-state index contributed by atoms with van der Waals surface area (Å²) in [6.07, 6.45) is 4.59. The van der Waals surface area contributed by atoms with E-state index in [0.29, 0.717) is 11.2 Å². The summed E-state index contributed by atoms with van der Waals surface area (Å²) in [7, 11) is -3.66. The van der Waals surface area contributed by atoms with E-state index in [1.165, 1.54) is 24.2 Å². The van der Waals surface area contributed by atoms with Gasteiger partial charge in [0.2, 0.25) is 9.84 Å². The second-order valence-corrected chi connectivity index (χ2v) is 8.51. The Bertz CT molecular complexity index is 723. The normalized spacial score (nSPS) is 16.2. The lowest BCUT2D eigenvalue weighted by Gasteiger charge is -2.09. The number of hydrogen-bond donors (Lipinski definition) is 1. The van der Waals surface area contributed by atoms with Gasteiger partial charge in [-0.05, 0) is 25.0 Å². The van der Waals surface area contributed by atoms with Crippen LogP contribution in [0.1, 0.15) is 25.7 Å². The van der Waals surface area contributed by atoms with Gasteiger partial charge >= 0.3 is 0 Å². The third-order valence-electron chi connectivity index (χ3n) is 3.55. The van der Waals surface area contributed by atoms with Crippen molar-refractivity contribution in [2.24, 2.45) is 0 Å². The predicted molar refractivity (Wildman–Crippen MR) is 84.9 cm³/mol. The summed E-state index contributed by atoms with van der Waals surface area (Å²) in [4.78, 5) is 4.42. The van der Waals surface area contributed by atoms with Gasteiger partial charge in [-0.25, -0.2) is 13.4 Å². The standard InChI is InChI=1S/C14H15ClN2O2S2/c15-12-13(21(18,19)11-8-2-1-3-9-11)17-14(20-12)16-10-6-4-5-7-10/h1-3,8-10H,4-7H2,(H,16,17). The number of thiazole rings is 1. The lowest BCUT2D eigenvalue weighted by molar-refractivity contribution is 0.593. The van der Waals surface area contributed by atoms with Crippen molar-refractivity contribution < 1.29 is 8.42 Å². The van der Waals surface area contributed by atoms with Crippen LogP contribution in [0.3, 0.4) is 0 Å². The first-order chi connectivity index (χ1) is 10.1. The van der Waals surface area contributed by atoms with Crippen molar-refractivity contribution in [3.8, 4) is 0 Å². The minimum Gasteiger partial charge on any atom is -0.359 e. The summed E-state index contributed by atoms with van der Waals surface area (Å²) in [5.74, 6) is 0. The van der Waals surface area contributed by atoms with Crippen LogP contribution in [-0.4, -0.2) is 19.4 Å². The zero-order valence-corrected chi connectivity index (χ0v) is 13.6. The van der Waals surface area contributed by atoms with Gasteiger partial charge in [0.1, 0.15) is 4.34 Å². The topological polar surface area (TPSA) is 59.1 Å². The van der Waals surface area contributed by atoms with Crippen molar-refractivity contribution in [2.45, 2.75) is 41.6 Å². The molecule has 4 nitrogen and oxygen atoms in total. The van der Waals surface area contributed by atoms with Crippen LogP contribution in [0.5, 0.6) is 0 Å². The molecule has 0 unspecified atom stereocenters. The Morgan fingerprint density at radius 2 is 1.86 bits per heavy atom. The zero-order chi connectivity index (χ0) is 14.9. The average molecular weight is 343 g/mol. The lowest BCUT2D eigenvalue weighted by Crippen LogP contribution is -2.14. The van der Waals surface area contributed by atoms with Gasteiger partial charge in [-0.15, -0.1) is 0 Å². The minimum absolute atomic E-state index is 0.0548. The Hall–Kier alpha value is -1.11. The summed E-state index contributed by atoms with van der Waals surface area (Å²) in [5, 5.41) is 3.81. The second-order valence-electron chi connectivity index (χ2n) is 5.04. The summed E-state index contributed by atoms with van der Waals surface area (Å²) in [5.41, 5.74) is 0. The van der Waals surface area contributed by atoms with E-state index in [2.05, 4.69) is 10.3 Å². The van der Waals surface area contributed by atoms with Crippen LogP contribution >= 0.6 is 22.9 Å². The fourth-order valence-corrected chi connectivity index (χ4v) is 5.38. The zero-order valence-electron chi connectivity index (χ0n) is 11.3. The van der Waals surface area contributed by atoms with Crippen LogP contribution in [0.15, 0.2) is 40.3 Å². The van der Waals surface area contributed by atoms with E-state index >= 15 is 0 Å². The van der Waals surface area contributed by atoms with Crippen LogP contribution in [0.25, 0.3) is 0 Å². The maximum atomic E-state index is 12.5. The monoisotopic (exact) mass is 342 g/mol. The highest BCUT2D eigenvalue weighted by Crippen LogP contribution is 2.35. The van der Waals surface area contributed by atoms with E-state index in [0.717, 1.165) is 12.8 Å². The summed E-state index contributed by atoms with van der Waals surface area (Å²) in [6, 6.07) is 8.62. The van der Waals surface area contributed by atoms with Gasteiger partial charge in [0.25, 0.3) is 0 Å². The molecule has 21 heavy (non-hydrogen) atoms. The molecule has 0 atom stereocenters. The molecule has 1 heterocycles. The SMILES string of the molecule is O=S(=O)(c1ccccc1)c1nc(NC2CCCC2)sc1Cl. The van der Waals surface area contributed by atoms with Crippen LogP contribution in [-0.2, 0) is 9.84 Å². The predicted octanol–water partition coefficient (Wildman–Crippen LogP) is 3.98. The Kier molecular flexibility index (Phi) is 4.19. The van der Waals surface area contributed by atoms with Crippen LogP contribution < -0.4 is 5.32 Å². The van der Waals surface area contributed by atoms with E-state index in [-0.39, 0.29) is 14.3 Å². The van der Waals surface area contributed by atoms with Gasteiger partial charge in [0.15, 0.2) is 10.2 Å². The number of hydrogen-bond acceptors (Lipinski definition) is 5. The van der Waals surface area contributed by atoms with E-state index in [9.17, 15) is 8.42 Å². The highest BCUT2D eigenvalue weighted by molar-refractivity contribution is 7.91. The minimum atomic E-state index is -3.66. The molecule has 1 fully saturated rings. The summed E-state index contributed by atoms with van der Waals surface area (Å²) in [6.45, 7) is 0. The maximum Gasteiger partial charge on any atom is 0.226 e. The molecule has 0 radical (unpaired) electrons. The molecule has 7 heteroatoms. The molecule has 0 aliphatic heterocycles. The van der Waals surface area contributed by atoms with Gasteiger partial charge in [0, 0.05) is 6.04 Å². The van der Waals surface area contributed by atoms with Crippen LogP contribution in [0.2, 0.25) is 4.34 Å². The van der Waals surface area contributed by atoms with Crippen molar-refractivity contribution in [2.75, 3.05) is 5.32 Å². The maximum absolute atomic E-state index is 12.5. The van der Waals surface area contributed by atoms with E-state index in [4.69, 9.17) is 11.6 Å². The molecule has 1 aliphatic rings. The van der Waals surface area contributed by atoms with Gasteiger partial charge in [-0.3, -0.25) is 0 Å². The molecular formula is C14H15ClN2O2S2. The first-order valence-corrected chi connectivity index (χ1v) is 9.48. The summed E-state index contributed by atoms with van der Waals surface area (Å²) < 4.78 is 25.3. The molecule has 112 valence electrons. The van der Waals surface area contributed by atoms with Crippen molar-refractivity contribution in [3.05, 3.63) is 34.7 Å². The molecule has 3 rings (SSSR count). The number of aromatic nitrogens is 1.